The van der Waals surface area contributed by atoms with Crippen molar-refractivity contribution in [1.82, 2.24) is 10.4 Å². The zero-order chi connectivity index (χ0) is 9.52. The van der Waals surface area contributed by atoms with E-state index in [1.165, 1.54) is 5.56 Å². The van der Waals surface area contributed by atoms with Gasteiger partial charge in [-0.25, -0.2) is 0 Å². The first kappa shape index (κ1) is 9.89. The molecule has 1 aromatic heterocycles. The molecule has 0 amide bonds. The maximum atomic E-state index is 5.31. The lowest BCUT2D eigenvalue weighted by Crippen LogP contribution is -2.33. The number of nitrogens with two attached hydrogens (primary N) is 1. The Hall–Kier alpha value is -1.19. The van der Waals surface area contributed by atoms with Crippen LogP contribution in [0.25, 0.3) is 0 Å². The van der Waals surface area contributed by atoms with Gasteiger partial charge in [-0.3, -0.25) is 16.3 Å². The molecule has 3 heteroatoms. The van der Waals surface area contributed by atoms with Gasteiger partial charge in [-0.1, -0.05) is 12.1 Å². The smallest absolute Gasteiger partial charge is 0.0391 e. The average molecular weight is 177 g/mol. The van der Waals surface area contributed by atoms with Crippen LogP contribution in [0.2, 0.25) is 0 Å². The van der Waals surface area contributed by atoms with Crippen molar-refractivity contribution in [2.45, 2.75) is 18.9 Å². The van der Waals surface area contributed by atoms with Crippen LogP contribution in [0.15, 0.2) is 37.2 Å². The Labute approximate surface area is 78.6 Å². The molecule has 1 heterocycles. The molecular weight excluding hydrogens is 162 g/mol. The molecule has 0 aromatic carbocycles. The van der Waals surface area contributed by atoms with Crippen LogP contribution in [0, 0.1) is 0 Å². The van der Waals surface area contributed by atoms with Gasteiger partial charge in [-0.2, -0.15) is 0 Å². The zero-order valence-electron chi connectivity index (χ0n) is 7.61. The number of nitrogens with zero attached hydrogens (tertiary/aromatic N) is 1. The zero-order valence-corrected chi connectivity index (χ0v) is 7.61. The topological polar surface area (TPSA) is 50.9 Å². The molecule has 70 valence electrons. The van der Waals surface area contributed by atoms with Crippen LogP contribution in [0.5, 0.6) is 0 Å². The highest BCUT2D eigenvalue weighted by Crippen LogP contribution is 2.03. The van der Waals surface area contributed by atoms with E-state index in [0.717, 1.165) is 12.8 Å². The molecule has 0 bridgehead atoms. The highest BCUT2D eigenvalue weighted by molar-refractivity contribution is 5.09. The minimum atomic E-state index is 0.181. The lowest BCUT2D eigenvalue weighted by atomic mass is 10.1. The van der Waals surface area contributed by atoms with Gasteiger partial charge in [0.15, 0.2) is 0 Å². The summed E-state index contributed by atoms with van der Waals surface area (Å²) in [5.41, 5.74) is 3.91. The first-order valence-corrected chi connectivity index (χ1v) is 4.34. The minimum absolute atomic E-state index is 0.181. The number of aryl methyl sites for hydroxylation is 1. The van der Waals surface area contributed by atoms with Crippen LogP contribution in [-0.4, -0.2) is 11.0 Å². The van der Waals surface area contributed by atoms with Crippen molar-refractivity contribution >= 4 is 0 Å². The normalized spacial score (nSPS) is 12.4. The number of hydrogen-bond acceptors (Lipinski definition) is 3. The molecule has 0 saturated carbocycles. The van der Waals surface area contributed by atoms with Gasteiger partial charge >= 0.3 is 0 Å². The fourth-order valence-corrected chi connectivity index (χ4v) is 1.14. The van der Waals surface area contributed by atoms with E-state index in [9.17, 15) is 0 Å². The van der Waals surface area contributed by atoms with E-state index in [2.05, 4.69) is 23.1 Å². The summed E-state index contributed by atoms with van der Waals surface area (Å²) < 4.78 is 0. The Bertz CT molecular complexity index is 246. The fourth-order valence-electron chi connectivity index (χ4n) is 1.14. The molecule has 3 N–H and O–H groups in total. The third kappa shape index (κ3) is 3.36. The van der Waals surface area contributed by atoms with Gasteiger partial charge in [0.25, 0.3) is 0 Å². The van der Waals surface area contributed by atoms with Crippen molar-refractivity contribution in [3.05, 3.63) is 42.7 Å². The third-order valence-electron chi connectivity index (χ3n) is 1.97. The molecule has 0 aliphatic rings. The van der Waals surface area contributed by atoms with Gasteiger partial charge in [0.1, 0.15) is 0 Å². The summed E-state index contributed by atoms with van der Waals surface area (Å²) in [5, 5.41) is 0. The van der Waals surface area contributed by atoms with Gasteiger partial charge in [0.05, 0.1) is 0 Å². The summed E-state index contributed by atoms with van der Waals surface area (Å²) in [6.45, 7) is 3.69. The van der Waals surface area contributed by atoms with E-state index in [1.54, 1.807) is 6.20 Å². The second-order valence-electron chi connectivity index (χ2n) is 2.91. The Balaban J connectivity index is 2.38. The summed E-state index contributed by atoms with van der Waals surface area (Å²) in [5.74, 6) is 5.31. The molecule has 0 aliphatic carbocycles. The van der Waals surface area contributed by atoms with Crippen LogP contribution in [0.3, 0.4) is 0 Å². The Morgan fingerprint density at radius 2 is 2.54 bits per heavy atom. The maximum Gasteiger partial charge on any atom is 0.0391 e. The fraction of sp³-hybridized carbons (Fsp3) is 0.300. The number of pyridine rings is 1. The molecule has 13 heavy (non-hydrogen) atoms. The van der Waals surface area contributed by atoms with Crippen molar-refractivity contribution in [2.75, 3.05) is 0 Å². The monoisotopic (exact) mass is 177 g/mol. The second kappa shape index (κ2) is 5.45. The number of hydrogen-bond donors (Lipinski definition) is 2. The van der Waals surface area contributed by atoms with Crippen molar-refractivity contribution < 1.29 is 0 Å². The standard InChI is InChI=1S/C10H15N3/c1-2-10(13-11)6-5-9-4-3-7-12-8-9/h2-4,7-8,10,13H,1,5-6,11H2. The van der Waals surface area contributed by atoms with Crippen LogP contribution in [0.4, 0.5) is 0 Å². The van der Waals surface area contributed by atoms with E-state index < -0.39 is 0 Å². The summed E-state index contributed by atoms with van der Waals surface area (Å²) in [6.07, 6.45) is 7.38. The molecule has 0 saturated heterocycles. The van der Waals surface area contributed by atoms with Crippen LogP contribution in [-0.2, 0) is 6.42 Å². The Morgan fingerprint density at radius 1 is 1.69 bits per heavy atom. The van der Waals surface area contributed by atoms with E-state index >= 15 is 0 Å². The molecule has 1 atom stereocenters. The van der Waals surface area contributed by atoms with Crippen LogP contribution >= 0.6 is 0 Å². The lowest BCUT2D eigenvalue weighted by molar-refractivity contribution is 0.577. The van der Waals surface area contributed by atoms with E-state index in [4.69, 9.17) is 5.84 Å². The number of hydrazine groups is 1. The number of rotatable bonds is 5. The Morgan fingerprint density at radius 3 is 3.08 bits per heavy atom. The molecule has 0 spiro atoms. The summed E-state index contributed by atoms with van der Waals surface area (Å²) in [4.78, 5) is 4.04. The quantitative estimate of drug-likeness (QED) is 0.401. The molecule has 1 unspecified atom stereocenters. The SMILES string of the molecule is C=CC(CCc1cccnc1)NN. The predicted octanol–water partition coefficient (Wildman–Crippen LogP) is 1.03. The van der Waals surface area contributed by atoms with Crippen molar-refractivity contribution in [1.29, 1.82) is 0 Å². The highest BCUT2D eigenvalue weighted by Gasteiger charge is 2.00. The molecular formula is C10H15N3. The van der Waals surface area contributed by atoms with Crippen molar-refractivity contribution in [3.63, 3.8) is 0 Å². The van der Waals surface area contributed by atoms with Crippen molar-refractivity contribution in [2.24, 2.45) is 5.84 Å². The van der Waals surface area contributed by atoms with E-state index in [1.807, 2.05) is 18.3 Å². The molecule has 1 rings (SSSR count). The summed E-state index contributed by atoms with van der Waals surface area (Å²) in [6, 6.07) is 4.18. The lowest BCUT2D eigenvalue weighted by Gasteiger charge is -2.09. The van der Waals surface area contributed by atoms with Crippen LogP contribution < -0.4 is 11.3 Å². The van der Waals surface area contributed by atoms with E-state index in [-0.39, 0.29) is 6.04 Å². The number of nitrogens with one attached hydrogen (secondary N) is 1. The van der Waals surface area contributed by atoms with Gasteiger partial charge in [0.2, 0.25) is 0 Å². The first-order valence-electron chi connectivity index (χ1n) is 4.34. The molecule has 3 nitrogen and oxygen atoms in total. The van der Waals surface area contributed by atoms with Gasteiger partial charge < -0.3 is 0 Å². The average Bonchev–Trinajstić information content (AvgIpc) is 2.21. The van der Waals surface area contributed by atoms with E-state index in [0.29, 0.717) is 0 Å². The molecule has 0 radical (unpaired) electrons. The predicted molar refractivity (Wildman–Crippen MR) is 53.9 cm³/mol. The second-order valence-corrected chi connectivity index (χ2v) is 2.91. The summed E-state index contributed by atoms with van der Waals surface area (Å²) >= 11 is 0. The summed E-state index contributed by atoms with van der Waals surface area (Å²) in [7, 11) is 0. The van der Waals surface area contributed by atoms with Crippen LogP contribution in [0.1, 0.15) is 12.0 Å². The van der Waals surface area contributed by atoms with Gasteiger partial charge in [-0.15, -0.1) is 6.58 Å². The number of aromatic nitrogens is 1. The highest BCUT2D eigenvalue weighted by atomic mass is 15.2. The molecule has 0 aliphatic heterocycles. The largest absolute Gasteiger partial charge is 0.271 e. The minimum Gasteiger partial charge on any atom is -0.271 e. The molecule has 1 aromatic rings. The molecule has 0 fully saturated rings. The first-order chi connectivity index (χ1) is 6.36. The van der Waals surface area contributed by atoms with Gasteiger partial charge in [-0.05, 0) is 24.5 Å². The van der Waals surface area contributed by atoms with Gasteiger partial charge in [0, 0.05) is 18.4 Å². The Kier molecular flexibility index (Phi) is 4.15. The third-order valence-corrected chi connectivity index (χ3v) is 1.97. The maximum absolute atomic E-state index is 5.31. The van der Waals surface area contributed by atoms with Crippen molar-refractivity contribution in [3.8, 4) is 0 Å².